The summed E-state index contributed by atoms with van der Waals surface area (Å²) in [4.78, 5) is 4.28. The molecule has 1 N–H and O–H groups in total. The standard InChI is InChI=1S/C12H16Cl2N2/c1-3-4-5-6-11(15-2)12-10(14)7-9(13)8-16-12/h3,7-8,11,15H,1,4-6H2,2H3. The third kappa shape index (κ3) is 3.78. The van der Waals surface area contributed by atoms with Crippen LogP contribution in [0, 0.1) is 0 Å². The zero-order valence-electron chi connectivity index (χ0n) is 9.34. The van der Waals surface area contributed by atoms with E-state index in [4.69, 9.17) is 23.2 Å². The van der Waals surface area contributed by atoms with Gasteiger partial charge in [0.2, 0.25) is 0 Å². The van der Waals surface area contributed by atoms with Crippen molar-refractivity contribution in [3.63, 3.8) is 0 Å². The topological polar surface area (TPSA) is 24.9 Å². The summed E-state index contributed by atoms with van der Waals surface area (Å²) in [6, 6.07) is 1.90. The van der Waals surface area contributed by atoms with Crippen molar-refractivity contribution in [1.82, 2.24) is 10.3 Å². The van der Waals surface area contributed by atoms with Crippen LogP contribution in [0.25, 0.3) is 0 Å². The average Bonchev–Trinajstić information content (AvgIpc) is 2.26. The summed E-state index contributed by atoms with van der Waals surface area (Å²) in [5.41, 5.74) is 0.859. The molecule has 88 valence electrons. The minimum Gasteiger partial charge on any atom is -0.312 e. The maximum atomic E-state index is 6.11. The van der Waals surface area contributed by atoms with Gasteiger partial charge in [-0.15, -0.1) is 6.58 Å². The van der Waals surface area contributed by atoms with Gasteiger partial charge >= 0.3 is 0 Å². The summed E-state index contributed by atoms with van der Waals surface area (Å²) in [6.45, 7) is 3.71. The monoisotopic (exact) mass is 258 g/mol. The number of nitrogens with zero attached hydrogens (tertiary/aromatic N) is 1. The van der Waals surface area contributed by atoms with Crippen molar-refractivity contribution in [3.8, 4) is 0 Å². The lowest BCUT2D eigenvalue weighted by Crippen LogP contribution is -2.18. The minimum atomic E-state index is 0.171. The number of halogens is 2. The summed E-state index contributed by atoms with van der Waals surface area (Å²) in [7, 11) is 1.91. The highest BCUT2D eigenvalue weighted by Gasteiger charge is 2.14. The van der Waals surface area contributed by atoms with Gasteiger partial charge in [-0.3, -0.25) is 4.98 Å². The second-order valence-electron chi connectivity index (χ2n) is 3.58. The molecule has 1 aromatic rings. The number of unbranched alkanes of at least 4 members (excludes halogenated alkanes) is 1. The van der Waals surface area contributed by atoms with Crippen LogP contribution in [0.15, 0.2) is 24.9 Å². The molecule has 0 aliphatic rings. The van der Waals surface area contributed by atoms with Gasteiger partial charge in [0, 0.05) is 6.20 Å². The summed E-state index contributed by atoms with van der Waals surface area (Å²) >= 11 is 11.9. The number of allylic oxidation sites excluding steroid dienone is 1. The average molecular weight is 259 g/mol. The molecule has 2 nitrogen and oxygen atoms in total. The molecule has 1 rings (SSSR count). The van der Waals surface area contributed by atoms with Gasteiger partial charge in [-0.25, -0.2) is 0 Å². The molecule has 4 heteroatoms. The van der Waals surface area contributed by atoms with E-state index in [0.717, 1.165) is 25.0 Å². The van der Waals surface area contributed by atoms with Gasteiger partial charge in [0.1, 0.15) is 0 Å². The van der Waals surface area contributed by atoms with Crippen molar-refractivity contribution in [1.29, 1.82) is 0 Å². The quantitative estimate of drug-likeness (QED) is 0.616. The maximum Gasteiger partial charge on any atom is 0.0760 e. The van der Waals surface area contributed by atoms with E-state index in [1.165, 1.54) is 0 Å². The van der Waals surface area contributed by atoms with E-state index in [1.807, 2.05) is 13.1 Å². The molecule has 0 saturated heterocycles. The van der Waals surface area contributed by atoms with Crippen LogP contribution in [-0.4, -0.2) is 12.0 Å². The molecular weight excluding hydrogens is 243 g/mol. The van der Waals surface area contributed by atoms with Crippen LogP contribution < -0.4 is 5.32 Å². The van der Waals surface area contributed by atoms with Crippen molar-refractivity contribution in [2.24, 2.45) is 0 Å². The molecule has 0 aromatic carbocycles. The van der Waals surface area contributed by atoms with Crippen LogP contribution in [0.1, 0.15) is 31.0 Å². The van der Waals surface area contributed by atoms with Crippen molar-refractivity contribution in [3.05, 3.63) is 40.7 Å². The van der Waals surface area contributed by atoms with Gasteiger partial charge in [0.05, 0.1) is 21.8 Å². The van der Waals surface area contributed by atoms with Gasteiger partial charge < -0.3 is 5.32 Å². The van der Waals surface area contributed by atoms with Crippen molar-refractivity contribution < 1.29 is 0 Å². The first-order valence-corrected chi connectivity index (χ1v) is 6.03. The molecule has 1 unspecified atom stereocenters. The molecule has 0 bridgehead atoms. The van der Waals surface area contributed by atoms with E-state index < -0.39 is 0 Å². The fraction of sp³-hybridized carbons (Fsp3) is 0.417. The number of pyridine rings is 1. The zero-order chi connectivity index (χ0) is 12.0. The molecule has 0 radical (unpaired) electrons. The Labute approximate surface area is 107 Å². The second-order valence-corrected chi connectivity index (χ2v) is 4.43. The second kappa shape index (κ2) is 6.89. The smallest absolute Gasteiger partial charge is 0.0760 e. The van der Waals surface area contributed by atoms with Crippen LogP contribution in [0.3, 0.4) is 0 Å². The van der Waals surface area contributed by atoms with Crippen molar-refractivity contribution in [2.45, 2.75) is 25.3 Å². The van der Waals surface area contributed by atoms with Crippen molar-refractivity contribution >= 4 is 23.2 Å². The predicted molar refractivity (Wildman–Crippen MR) is 70.1 cm³/mol. The van der Waals surface area contributed by atoms with E-state index in [2.05, 4.69) is 16.9 Å². The third-order valence-electron chi connectivity index (χ3n) is 2.42. The number of hydrogen-bond donors (Lipinski definition) is 1. The predicted octanol–water partition coefficient (Wildman–Crippen LogP) is 4.01. The molecule has 0 saturated carbocycles. The fourth-order valence-corrected chi connectivity index (χ4v) is 2.08. The molecule has 1 atom stereocenters. The largest absolute Gasteiger partial charge is 0.312 e. The lowest BCUT2D eigenvalue weighted by molar-refractivity contribution is 0.518. The van der Waals surface area contributed by atoms with E-state index >= 15 is 0 Å². The number of aromatic nitrogens is 1. The normalized spacial score (nSPS) is 12.4. The molecule has 0 spiro atoms. The first kappa shape index (κ1) is 13.5. The molecule has 1 aromatic heterocycles. The van der Waals surface area contributed by atoms with Gasteiger partial charge in [-0.1, -0.05) is 29.3 Å². The molecule has 1 heterocycles. The first-order chi connectivity index (χ1) is 7.69. The number of nitrogens with one attached hydrogen (secondary N) is 1. The van der Waals surface area contributed by atoms with Gasteiger partial charge in [0.25, 0.3) is 0 Å². The summed E-state index contributed by atoms with van der Waals surface area (Å²) < 4.78 is 0. The fourth-order valence-electron chi connectivity index (χ4n) is 1.57. The van der Waals surface area contributed by atoms with E-state index in [1.54, 1.807) is 12.3 Å². The van der Waals surface area contributed by atoms with Gasteiger partial charge in [0.15, 0.2) is 0 Å². The molecule has 0 amide bonds. The maximum absolute atomic E-state index is 6.11. The highest BCUT2D eigenvalue weighted by Crippen LogP contribution is 2.26. The molecule has 0 fully saturated rings. The Bertz CT molecular complexity index is 353. The van der Waals surface area contributed by atoms with Crippen LogP contribution in [0.5, 0.6) is 0 Å². The summed E-state index contributed by atoms with van der Waals surface area (Å²) in [5.74, 6) is 0. The molecule has 0 aliphatic carbocycles. The Kier molecular flexibility index (Phi) is 5.81. The lowest BCUT2D eigenvalue weighted by atomic mass is 10.1. The Balaban J connectivity index is 2.74. The Morgan fingerprint density at radius 3 is 2.88 bits per heavy atom. The Morgan fingerprint density at radius 1 is 1.56 bits per heavy atom. The Morgan fingerprint density at radius 2 is 2.31 bits per heavy atom. The van der Waals surface area contributed by atoms with Gasteiger partial charge in [-0.2, -0.15) is 0 Å². The zero-order valence-corrected chi connectivity index (χ0v) is 10.9. The highest BCUT2D eigenvalue weighted by molar-refractivity contribution is 6.34. The Hall–Kier alpha value is -0.570. The minimum absolute atomic E-state index is 0.171. The molecular formula is C12H16Cl2N2. The molecule has 16 heavy (non-hydrogen) atoms. The van der Waals surface area contributed by atoms with E-state index in [9.17, 15) is 0 Å². The van der Waals surface area contributed by atoms with E-state index in [0.29, 0.717) is 10.0 Å². The van der Waals surface area contributed by atoms with Crippen LogP contribution in [0.2, 0.25) is 10.0 Å². The summed E-state index contributed by atoms with van der Waals surface area (Å²) in [6.07, 6.45) is 6.60. The first-order valence-electron chi connectivity index (χ1n) is 5.28. The third-order valence-corrected chi connectivity index (χ3v) is 2.93. The van der Waals surface area contributed by atoms with E-state index in [-0.39, 0.29) is 6.04 Å². The lowest BCUT2D eigenvalue weighted by Gasteiger charge is -2.16. The number of rotatable bonds is 6. The molecule has 0 aliphatic heterocycles. The van der Waals surface area contributed by atoms with Crippen molar-refractivity contribution in [2.75, 3.05) is 7.05 Å². The SMILES string of the molecule is C=CCCCC(NC)c1ncc(Cl)cc1Cl. The van der Waals surface area contributed by atoms with Crippen LogP contribution in [-0.2, 0) is 0 Å². The summed E-state index contributed by atoms with van der Waals surface area (Å²) in [5, 5.41) is 4.39. The highest BCUT2D eigenvalue weighted by atomic mass is 35.5. The van der Waals surface area contributed by atoms with Gasteiger partial charge in [-0.05, 0) is 32.4 Å². The number of hydrogen-bond acceptors (Lipinski definition) is 2. The van der Waals surface area contributed by atoms with Crippen LogP contribution in [0.4, 0.5) is 0 Å². The van der Waals surface area contributed by atoms with Crippen LogP contribution >= 0.6 is 23.2 Å².